The number of hydrogen-bond donors (Lipinski definition) is 2. The molecular formula is C10H16N2OS. The fourth-order valence-corrected chi connectivity index (χ4v) is 1.91. The van der Waals surface area contributed by atoms with Crippen molar-refractivity contribution in [1.82, 2.24) is 5.32 Å². The summed E-state index contributed by atoms with van der Waals surface area (Å²) in [6, 6.07) is 3.91. The van der Waals surface area contributed by atoms with Crippen LogP contribution in [0, 0.1) is 0 Å². The maximum absolute atomic E-state index is 11.4. The number of thiophene rings is 1. The van der Waals surface area contributed by atoms with Crippen LogP contribution in [0.25, 0.3) is 0 Å². The molecule has 0 aliphatic rings. The van der Waals surface area contributed by atoms with Crippen LogP contribution >= 0.6 is 11.3 Å². The van der Waals surface area contributed by atoms with E-state index in [4.69, 9.17) is 5.73 Å². The molecule has 3 N–H and O–H groups in total. The van der Waals surface area contributed by atoms with Gasteiger partial charge in [0.2, 0.25) is 5.91 Å². The van der Waals surface area contributed by atoms with Crippen LogP contribution in [0.5, 0.6) is 0 Å². The van der Waals surface area contributed by atoms with Gasteiger partial charge in [-0.2, -0.15) is 0 Å². The first-order valence-electron chi connectivity index (χ1n) is 4.68. The topological polar surface area (TPSA) is 55.1 Å². The molecule has 0 spiro atoms. The molecule has 78 valence electrons. The molecule has 1 amide bonds. The summed E-state index contributed by atoms with van der Waals surface area (Å²) in [6.07, 6.45) is 0.360. The Bertz CT molecular complexity index is 282. The molecule has 0 fully saturated rings. The average Bonchev–Trinajstić information content (AvgIpc) is 2.53. The van der Waals surface area contributed by atoms with Crippen molar-refractivity contribution in [1.29, 1.82) is 0 Å². The summed E-state index contributed by atoms with van der Waals surface area (Å²) in [5.41, 5.74) is 5.87. The van der Waals surface area contributed by atoms with Crippen molar-refractivity contribution in [2.45, 2.75) is 32.4 Å². The number of hydrogen-bond acceptors (Lipinski definition) is 3. The highest BCUT2D eigenvalue weighted by molar-refractivity contribution is 7.10. The molecule has 3 nitrogen and oxygen atoms in total. The Kier molecular flexibility index (Phi) is 4.10. The highest BCUT2D eigenvalue weighted by Gasteiger charge is 2.12. The number of nitrogens with two attached hydrogens (primary N) is 1. The van der Waals surface area contributed by atoms with E-state index in [9.17, 15) is 4.79 Å². The Labute approximate surface area is 88.3 Å². The van der Waals surface area contributed by atoms with Crippen LogP contribution in [0.1, 0.15) is 31.2 Å². The van der Waals surface area contributed by atoms with Gasteiger partial charge in [0.25, 0.3) is 0 Å². The van der Waals surface area contributed by atoms with Crippen LogP contribution < -0.4 is 11.1 Å². The lowest BCUT2D eigenvalue weighted by molar-refractivity contribution is -0.121. The first kappa shape index (κ1) is 11.2. The van der Waals surface area contributed by atoms with Gasteiger partial charge in [-0.05, 0) is 25.3 Å². The molecule has 1 aromatic rings. The molecule has 0 saturated carbocycles. The quantitative estimate of drug-likeness (QED) is 0.797. The van der Waals surface area contributed by atoms with Crippen molar-refractivity contribution in [3.05, 3.63) is 22.4 Å². The van der Waals surface area contributed by atoms with Gasteiger partial charge in [-0.25, -0.2) is 0 Å². The van der Waals surface area contributed by atoms with Crippen LogP contribution in [0.3, 0.4) is 0 Å². The van der Waals surface area contributed by atoms with E-state index in [1.807, 2.05) is 31.4 Å². The van der Waals surface area contributed by atoms with Gasteiger partial charge in [-0.15, -0.1) is 11.3 Å². The van der Waals surface area contributed by atoms with Crippen LogP contribution in [0.2, 0.25) is 0 Å². The predicted octanol–water partition coefficient (Wildman–Crippen LogP) is 1.66. The third-order valence-electron chi connectivity index (χ3n) is 1.76. The van der Waals surface area contributed by atoms with Crippen LogP contribution in [-0.2, 0) is 4.79 Å². The highest BCUT2D eigenvalue weighted by Crippen LogP contribution is 2.19. The Morgan fingerprint density at radius 1 is 1.64 bits per heavy atom. The minimum absolute atomic E-state index is 0.0147. The molecule has 0 radical (unpaired) electrons. The molecule has 0 aromatic carbocycles. The first-order chi connectivity index (χ1) is 6.59. The molecule has 0 aliphatic heterocycles. The molecule has 1 heterocycles. The zero-order valence-electron chi connectivity index (χ0n) is 8.49. The zero-order chi connectivity index (χ0) is 10.6. The smallest absolute Gasteiger partial charge is 0.222 e. The third kappa shape index (κ3) is 3.47. The third-order valence-corrected chi connectivity index (χ3v) is 2.77. The summed E-state index contributed by atoms with van der Waals surface area (Å²) in [4.78, 5) is 12.4. The number of carbonyl (C=O) groups is 1. The summed E-state index contributed by atoms with van der Waals surface area (Å²) < 4.78 is 0. The summed E-state index contributed by atoms with van der Waals surface area (Å²) in [7, 11) is 0. The number of carbonyl (C=O) groups excluding carboxylic acids is 1. The van der Waals surface area contributed by atoms with E-state index >= 15 is 0 Å². The second-order valence-corrected chi connectivity index (χ2v) is 4.53. The molecule has 14 heavy (non-hydrogen) atoms. The molecule has 1 rings (SSSR count). The van der Waals surface area contributed by atoms with E-state index < -0.39 is 0 Å². The van der Waals surface area contributed by atoms with Crippen LogP contribution in [0.15, 0.2) is 17.5 Å². The van der Waals surface area contributed by atoms with E-state index in [-0.39, 0.29) is 18.0 Å². The first-order valence-corrected chi connectivity index (χ1v) is 5.56. The van der Waals surface area contributed by atoms with Gasteiger partial charge in [-0.3, -0.25) is 4.79 Å². The molecule has 0 aliphatic carbocycles. The Balaban J connectivity index is 2.41. The second kappa shape index (κ2) is 5.12. The number of nitrogens with one attached hydrogen (secondary N) is 1. The Morgan fingerprint density at radius 2 is 2.36 bits per heavy atom. The van der Waals surface area contributed by atoms with E-state index in [2.05, 4.69) is 5.32 Å². The van der Waals surface area contributed by atoms with E-state index in [1.54, 1.807) is 11.3 Å². The van der Waals surface area contributed by atoms with Crippen molar-refractivity contribution >= 4 is 17.2 Å². The van der Waals surface area contributed by atoms with E-state index in [1.165, 1.54) is 0 Å². The molecule has 4 heteroatoms. The zero-order valence-corrected chi connectivity index (χ0v) is 9.30. The van der Waals surface area contributed by atoms with Crippen molar-refractivity contribution in [2.24, 2.45) is 5.73 Å². The SMILES string of the molecule is CC(C)NC(=O)CC(N)c1cccs1. The van der Waals surface area contributed by atoms with E-state index in [0.717, 1.165) is 4.88 Å². The monoisotopic (exact) mass is 212 g/mol. The lowest BCUT2D eigenvalue weighted by Gasteiger charge is -2.11. The lowest BCUT2D eigenvalue weighted by atomic mass is 10.1. The van der Waals surface area contributed by atoms with Crippen molar-refractivity contribution in [3.8, 4) is 0 Å². The minimum Gasteiger partial charge on any atom is -0.354 e. The predicted molar refractivity (Wildman–Crippen MR) is 59.1 cm³/mol. The van der Waals surface area contributed by atoms with Gasteiger partial charge in [0.1, 0.15) is 0 Å². The average molecular weight is 212 g/mol. The maximum atomic E-state index is 11.4. The van der Waals surface area contributed by atoms with Crippen LogP contribution in [-0.4, -0.2) is 11.9 Å². The summed E-state index contributed by atoms with van der Waals surface area (Å²) in [5.74, 6) is 0.0147. The highest BCUT2D eigenvalue weighted by atomic mass is 32.1. The minimum atomic E-state index is -0.172. The fraction of sp³-hybridized carbons (Fsp3) is 0.500. The fourth-order valence-electron chi connectivity index (χ4n) is 1.18. The molecule has 0 saturated heterocycles. The van der Waals surface area contributed by atoms with Gasteiger partial charge < -0.3 is 11.1 Å². The summed E-state index contributed by atoms with van der Waals surface area (Å²) in [5, 5.41) is 4.79. The van der Waals surface area contributed by atoms with Gasteiger partial charge in [0, 0.05) is 23.4 Å². The Morgan fingerprint density at radius 3 is 2.86 bits per heavy atom. The van der Waals surface area contributed by atoms with Gasteiger partial charge in [0.05, 0.1) is 0 Å². The standard InChI is InChI=1S/C10H16N2OS/c1-7(2)12-10(13)6-8(11)9-4-3-5-14-9/h3-5,7-8H,6,11H2,1-2H3,(H,12,13). The van der Waals surface area contributed by atoms with Crippen LogP contribution in [0.4, 0.5) is 0 Å². The summed E-state index contributed by atoms with van der Waals surface area (Å²) in [6.45, 7) is 3.88. The largest absolute Gasteiger partial charge is 0.354 e. The van der Waals surface area contributed by atoms with E-state index in [0.29, 0.717) is 6.42 Å². The van der Waals surface area contributed by atoms with Gasteiger partial charge in [0.15, 0.2) is 0 Å². The summed E-state index contributed by atoms with van der Waals surface area (Å²) >= 11 is 1.59. The Hall–Kier alpha value is -0.870. The second-order valence-electron chi connectivity index (χ2n) is 3.55. The number of rotatable bonds is 4. The van der Waals surface area contributed by atoms with Crippen molar-refractivity contribution in [2.75, 3.05) is 0 Å². The molecule has 0 bridgehead atoms. The van der Waals surface area contributed by atoms with Crippen molar-refractivity contribution < 1.29 is 4.79 Å². The normalized spacial score (nSPS) is 12.9. The van der Waals surface area contributed by atoms with Gasteiger partial charge >= 0.3 is 0 Å². The van der Waals surface area contributed by atoms with Gasteiger partial charge in [-0.1, -0.05) is 6.07 Å². The lowest BCUT2D eigenvalue weighted by Crippen LogP contribution is -2.32. The maximum Gasteiger partial charge on any atom is 0.222 e. The van der Waals surface area contributed by atoms with Crippen molar-refractivity contribution in [3.63, 3.8) is 0 Å². The molecule has 1 atom stereocenters. The molecule has 1 unspecified atom stereocenters. The molecule has 1 aromatic heterocycles. The number of amides is 1. The molecular weight excluding hydrogens is 196 g/mol.